The first-order valence-corrected chi connectivity index (χ1v) is 5.78. The van der Waals surface area contributed by atoms with Crippen molar-refractivity contribution >= 4 is 11.6 Å². The van der Waals surface area contributed by atoms with E-state index in [1.54, 1.807) is 6.07 Å². The Hall–Kier alpha value is -1.91. The number of aryl methyl sites for hydroxylation is 2. The minimum Gasteiger partial charge on any atom is -0.366 e. The Morgan fingerprint density at radius 1 is 1.41 bits per heavy atom. The maximum Gasteiger partial charge on any atom is 0.248 e. The standard InChI is InChI=1S/C12H16N4O/c1-3-4-5-10-6-9(12(13)17)7-11-15-14-8(2)16(10)11/h6-7H,3-5H2,1-2H3,(H2,13,17). The Morgan fingerprint density at radius 2 is 2.18 bits per heavy atom. The van der Waals surface area contributed by atoms with Crippen LogP contribution in [0, 0.1) is 6.92 Å². The minimum atomic E-state index is -0.425. The van der Waals surface area contributed by atoms with Gasteiger partial charge in [0.25, 0.3) is 0 Å². The molecule has 17 heavy (non-hydrogen) atoms. The van der Waals surface area contributed by atoms with Crippen LogP contribution in [-0.4, -0.2) is 20.5 Å². The SMILES string of the molecule is CCCCc1cc(C(N)=O)cc2nnc(C)n12. The number of hydrogen-bond acceptors (Lipinski definition) is 3. The lowest BCUT2D eigenvalue weighted by atomic mass is 10.1. The van der Waals surface area contributed by atoms with Gasteiger partial charge in [0.1, 0.15) is 5.82 Å². The predicted octanol–water partition coefficient (Wildman–Crippen LogP) is 1.48. The molecule has 5 heteroatoms. The van der Waals surface area contributed by atoms with Crippen LogP contribution in [0.3, 0.4) is 0 Å². The summed E-state index contributed by atoms with van der Waals surface area (Å²) in [7, 11) is 0. The first-order valence-electron chi connectivity index (χ1n) is 5.78. The van der Waals surface area contributed by atoms with E-state index in [4.69, 9.17) is 5.73 Å². The zero-order chi connectivity index (χ0) is 12.4. The Labute approximate surface area is 99.6 Å². The topological polar surface area (TPSA) is 73.3 Å². The fourth-order valence-corrected chi connectivity index (χ4v) is 1.94. The molecule has 2 aromatic heterocycles. The summed E-state index contributed by atoms with van der Waals surface area (Å²) in [5.41, 5.74) is 7.54. The average Bonchev–Trinajstić information content (AvgIpc) is 2.68. The van der Waals surface area contributed by atoms with Gasteiger partial charge in [-0.25, -0.2) is 0 Å². The third-order valence-electron chi connectivity index (χ3n) is 2.81. The highest BCUT2D eigenvalue weighted by Gasteiger charge is 2.10. The molecule has 0 radical (unpaired) electrons. The molecule has 2 aromatic rings. The van der Waals surface area contributed by atoms with Gasteiger partial charge in [-0.1, -0.05) is 13.3 Å². The Kier molecular flexibility index (Phi) is 3.08. The van der Waals surface area contributed by atoms with E-state index >= 15 is 0 Å². The molecule has 5 nitrogen and oxygen atoms in total. The fraction of sp³-hybridized carbons (Fsp3) is 0.417. The summed E-state index contributed by atoms with van der Waals surface area (Å²) in [6.07, 6.45) is 3.06. The van der Waals surface area contributed by atoms with Crippen molar-refractivity contribution in [3.05, 3.63) is 29.2 Å². The Morgan fingerprint density at radius 3 is 2.82 bits per heavy atom. The van der Waals surface area contributed by atoms with Crippen LogP contribution < -0.4 is 5.73 Å². The highest BCUT2D eigenvalue weighted by molar-refractivity contribution is 5.93. The number of nitrogens with zero attached hydrogens (tertiary/aromatic N) is 3. The first kappa shape index (κ1) is 11.6. The number of primary amides is 1. The van der Waals surface area contributed by atoms with Crippen molar-refractivity contribution in [2.75, 3.05) is 0 Å². The van der Waals surface area contributed by atoms with Crippen molar-refractivity contribution < 1.29 is 4.79 Å². The van der Waals surface area contributed by atoms with Crippen LogP contribution in [0.15, 0.2) is 12.1 Å². The van der Waals surface area contributed by atoms with E-state index in [0.717, 1.165) is 30.8 Å². The van der Waals surface area contributed by atoms with Gasteiger partial charge in [-0.05, 0) is 31.9 Å². The summed E-state index contributed by atoms with van der Waals surface area (Å²) in [6, 6.07) is 3.51. The molecule has 2 rings (SSSR count). The van der Waals surface area contributed by atoms with Gasteiger partial charge in [0, 0.05) is 11.3 Å². The molecule has 1 amide bonds. The largest absolute Gasteiger partial charge is 0.366 e. The number of carbonyl (C=O) groups excluding carboxylic acids is 1. The summed E-state index contributed by atoms with van der Waals surface area (Å²) < 4.78 is 1.97. The molecule has 2 N–H and O–H groups in total. The molecule has 0 fully saturated rings. The maximum absolute atomic E-state index is 11.2. The minimum absolute atomic E-state index is 0.425. The van der Waals surface area contributed by atoms with Crippen LogP contribution >= 0.6 is 0 Å². The van der Waals surface area contributed by atoms with Crippen LogP contribution in [0.1, 0.15) is 41.6 Å². The zero-order valence-corrected chi connectivity index (χ0v) is 10.1. The number of rotatable bonds is 4. The Balaban J connectivity index is 2.58. The molecule has 0 aromatic carbocycles. The summed E-state index contributed by atoms with van der Waals surface area (Å²) >= 11 is 0. The van der Waals surface area contributed by atoms with Gasteiger partial charge in [-0.15, -0.1) is 10.2 Å². The van der Waals surface area contributed by atoms with Gasteiger partial charge in [0.15, 0.2) is 5.65 Å². The lowest BCUT2D eigenvalue weighted by Crippen LogP contribution is -2.13. The van der Waals surface area contributed by atoms with Crippen molar-refractivity contribution in [2.24, 2.45) is 5.73 Å². The van der Waals surface area contributed by atoms with Crippen molar-refractivity contribution in [1.82, 2.24) is 14.6 Å². The molecule has 2 heterocycles. The highest BCUT2D eigenvalue weighted by Crippen LogP contribution is 2.14. The van der Waals surface area contributed by atoms with Crippen LogP contribution in [0.4, 0.5) is 0 Å². The van der Waals surface area contributed by atoms with Gasteiger partial charge in [-0.3, -0.25) is 9.20 Å². The lowest BCUT2D eigenvalue weighted by molar-refractivity contribution is 0.1000. The monoisotopic (exact) mass is 232 g/mol. The number of unbranched alkanes of at least 4 members (excludes halogenated alkanes) is 1. The van der Waals surface area contributed by atoms with Crippen LogP contribution in [0.5, 0.6) is 0 Å². The molecule has 0 aliphatic heterocycles. The smallest absolute Gasteiger partial charge is 0.248 e. The molecule has 0 unspecified atom stereocenters. The molecular weight excluding hydrogens is 216 g/mol. The van der Waals surface area contributed by atoms with Crippen molar-refractivity contribution in [2.45, 2.75) is 33.1 Å². The molecule has 0 aliphatic rings. The number of carbonyl (C=O) groups is 1. The number of pyridine rings is 1. The molecule has 90 valence electrons. The van der Waals surface area contributed by atoms with Crippen molar-refractivity contribution in [3.63, 3.8) is 0 Å². The first-order chi connectivity index (χ1) is 8.13. The number of hydrogen-bond donors (Lipinski definition) is 1. The van der Waals surface area contributed by atoms with Gasteiger partial charge in [-0.2, -0.15) is 0 Å². The number of fused-ring (bicyclic) bond motifs is 1. The summed E-state index contributed by atoms with van der Waals surface area (Å²) in [6.45, 7) is 4.04. The number of nitrogens with two attached hydrogens (primary N) is 1. The van der Waals surface area contributed by atoms with E-state index in [9.17, 15) is 4.79 Å². The maximum atomic E-state index is 11.2. The summed E-state index contributed by atoms with van der Waals surface area (Å²) in [5, 5.41) is 8.06. The second-order valence-corrected chi connectivity index (χ2v) is 4.14. The van der Waals surface area contributed by atoms with Gasteiger partial charge in [0.2, 0.25) is 5.91 Å². The predicted molar refractivity (Wildman–Crippen MR) is 64.9 cm³/mol. The zero-order valence-electron chi connectivity index (χ0n) is 10.1. The van der Waals surface area contributed by atoms with E-state index in [-0.39, 0.29) is 0 Å². The second-order valence-electron chi connectivity index (χ2n) is 4.14. The van der Waals surface area contributed by atoms with E-state index in [1.807, 2.05) is 17.4 Å². The molecule has 0 atom stereocenters. The molecular formula is C12H16N4O. The summed E-state index contributed by atoms with van der Waals surface area (Å²) in [5.74, 6) is 0.410. The third kappa shape index (κ3) is 2.13. The number of amides is 1. The van der Waals surface area contributed by atoms with E-state index in [1.165, 1.54) is 0 Å². The molecule has 0 saturated heterocycles. The number of aromatic nitrogens is 3. The average molecular weight is 232 g/mol. The molecule has 0 saturated carbocycles. The van der Waals surface area contributed by atoms with E-state index in [2.05, 4.69) is 17.1 Å². The van der Waals surface area contributed by atoms with Crippen LogP contribution in [0.25, 0.3) is 5.65 Å². The Bertz CT molecular complexity index is 559. The molecule has 0 bridgehead atoms. The van der Waals surface area contributed by atoms with Crippen molar-refractivity contribution in [1.29, 1.82) is 0 Å². The van der Waals surface area contributed by atoms with Gasteiger partial charge < -0.3 is 5.73 Å². The molecule has 0 spiro atoms. The fourth-order valence-electron chi connectivity index (χ4n) is 1.94. The normalized spacial score (nSPS) is 10.9. The van der Waals surface area contributed by atoms with Crippen LogP contribution in [0.2, 0.25) is 0 Å². The quantitative estimate of drug-likeness (QED) is 0.867. The van der Waals surface area contributed by atoms with Crippen molar-refractivity contribution in [3.8, 4) is 0 Å². The molecule has 0 aliphatic carbocycles. The third-order valence-corrected chi connectivity index (χ3v) is 2.81. The lowest BCUT2D eigenvalue weighted by Gasteiger charge is -2.07. The van der Waals surface area contributed by atoms with Gasteiger partial charge in [0.05, 0.1) is 0 Å². The van der Waals surface area contributed by atoms with Gasteiger partial charge >= 0.3 is 0 Å². The van der Waals surface area contributed by atoms with E-state index < -0.39 is 5.91 Å². The van der Waals surface area contributed by atoms with Crippen LogP contribution in [-0.2, 0) is 6.42 Å². The second kappa shape index (κ2) is 4.53. The summed E-state index contributed by atoms with van der Waals surface area (Å²) in [4.78, 5) is 11.2. The highest BCUT2D eigenvalue weighted by atomic mass is 16.1. The van der Waals surface area contributed by atoms with E-state index in [0.29, 0.717) is 11.2 Å².